The normalized spacial score (nSPS) is 12.7. The molecule has 0 aliphatic heterocycles. The molecule has 1 rings (SSSR count). The first-order valence-electron chi connectivity index (χ1n) is 6.50. The summed E-state index contributed by atoms with van der Waals surface area (Å²) in [5.41, 5.74) is 1.10. The van der Waals surface area contributed by atoms with E-state index in [2.05, 4.69) is 31.1 Å². The fourth-order valence-electron chi connectivity index (χ4n) is 2.08. The van der Waals surface area contributed by atoms with Crippen molar-refractivity contribution in [2.45, 2.75) is 46.2 Å². The first kappa shape index (κ1) is 14.6. The second kappa shape index (κ2) is 7.11. The zero-order chi connectivity index (χ0) is 13.5. The van der Waals surface area contributed by atoms with E-state index in [1.807, 2.05) is 0 Å². The second-order valence-corrected chi connectivity index (χ2v) is 4.59. The Morgan fingerprint density at radius 1 is 1.39 bits per heavy atom. The minimum Gasteiger partial charge on any atom is -0.478 e. The number of carboxylic acids is 1. The molecule has 1 unspecified atom stereocenters. The van der Waals surface area contributed by atoms with Crippen LogP contribution in [0.3, 0.4) is 0 Å². The molecule has 0 spiro atoms. The Hall–Kier alpha value is -1.42. The van der Waals surface area contributed by atoms with E-state index in [0.29, 0.717) is 18.5 Å². The van der Waals surface area contributed by atoms with E-state index in [9.17, 15) is 4.79 Å². The van der Waals surface area contributed by atoms with Gasteiger partial charge in [-0.3, -0.25) is 4.98 Å². The lowest BCUT2D eigenvalue weighted by atomic mass is 9.95. The molecule has 0 fully saturated rings. The Morgan fingerprint density at radius 3 is 2.50 bits per heavy atom. The first-order valence-corrected chi connectivity index (χ1v) is 6.50. The number of hydrogen-bond donors (Lipinski definition) is 2. The van der Waals surface area contributed by atoms with Crippen molar-refractivity contribution in [2.24, 2.45) is 5.92 Å². The molecule has 100 valence electrons. The van der Waals surface area contributed by atoms with Gasteiger partial charge in [-0.1, -0.05) is 26.7 Å². The summed E-state index contributed by atoms with van der Waals surface area (Å²) in [7, 11) is 0. The molecule has 1 aromatic heterocycles. The lowest BCUT2D eigenvalue weighted by molar-refractivity contribution is 0.0696. The zero-order valence-electron chi connectivity index (χ0n) is 11.3. The van der Waals surface area contributed by atoms with E-state index >= 15 is 0 Å². The van der Waals surface area contributed by atoms with Crippen LogP contribution in [0.2, 0.25) is 0 Å². The summed E-state index contributed by atoms with van der Waals surface area (Å²) in [6, 6.07) is 3.80. The van der Waals surface area contributed by atoms with Gasteiger partial charge in [0, 0.05) is 18.8 Å². The van der Waals surface area contributed by atoms with Crippen LogP contribution in [-0.4, -0.2) is 22.1 Å². The fraction of sp³-hybridized carbons (Fsp3) is 0.571. The van der Waals surface area contributed by atoms with E-state index < -0.39 is 5.97 Å². The third kappa shape index (κ3) is 4.11. The maximum atomic E-state index is 10.7. The van der Waals surface area contributed by atoms with Gasteiger partial charge in [0.05, 0.1) is 11.3 Å². The van der Waals surface area contributed by atoms with Crippen molar-refractivity contribution in [1.29, 1.82) is 0 Å². The van der Waals surface area contributed by atoms with Crippen LogP contribution < -0.4 is 5.32 Å². The molecule has 4 nitrogen and oxygen atoms in total. The molecule has 18 heavy (non-hydrogen) atoms. The highest BCUT2D eigenvalue weighted by molar-refractivity contribution is 5.87. The smallest absolute Gasteiger partial charge is 0.337 e. The topological polar surface area (TPSA) is 62.2 Å². The quantitative estimate of drug-likeness (QED) is 0.781. The van der Waals surface area contributed by atoms with Crippen LogP contribution >= 0.6 is 0 Å². The number of nitrogens with zero attached hydrogens (tertiary/aromatic N) is 1. The molecule has 0 saturated carbocycles. The molecule has 4 heteroatoms. The van der Waals surface area contributed by atoms with E-state index in [-0.39, 0.29) is 5.56 Å². The summed E-state index contributed by atoms with van der Waals surface area (Å²) in [6.45, 7) is 7.26. The van der Waals surface area contributed by atoms with E-state index in [1.165, 1.54) is 6.20 Å². The standard InChI is InChI=1S/C14H22N2O2/c1-4-11(5-2)10(3)15-9-13-7-6-12(8-16-13)14(17)18/h6-8,10-11,15H,4-5,9H2,1-3H3,(H,17,18). The van der Waals surface area contributed by atoms with Crippen LogP contribution in [0.25, 0.3) is 0 Å². The lowest BCUT2D eigenvalue weighted by Gasteiger charge is -2.22. The fourth-order valence-corrected chi connectivity index (χ4v) is 2.08. The molecule has 0 aliphatic rings. The molecular formula is C14H22N2O2. The van der Waals surface area contributed by atoms with Gasteiger partial charge in [-0.25, -0.2) is 4.79 Å². The highest BCUT2D eigenvalue weighted by Gasteiger charge is 2.12. The van der Waals surface area contributed by atoms with Crippen LogP contribution in [0.15, 0.2) is 18.3 Å². The molecule has 0 bridgehead atoms. The van der Waals surface area contributed by atoms with Gasteiger partial charge in [0.1, 0.15) is 0 Å². The SMILES string of the molecule is CCC(CC)C(C)NCc1ccc(C(=O)O)cn1. The average Bonchev–Trinajstić information content (AvgIpc) is 2.38. The summed E-state index contributed by atoms with van der Waals surface area (Å²) in [6.07, 6.45) is 3.73. The minimum atomic E-state index is -0.938. The molecule has 0 amide bonds. The van der Waals surface area contributed by atoms with Gasteiger partial charge >= 0.3 is 5.97 Å². The number of nitrogens with one attached hydrogen (secondary N) is 1. The van der Waals surface area contributed by atoms with Gasteiger partial charge in [0.25, 0.3) is 0 Å². The van der Waals surface area contributed by atoms with Gasteiger partial charge in [0.15, 0.2) is 0 Å². The van der Waals surface area contributed by atoms with Crippen LogP contribution in [0.5, 0.6) is 0 Å². The van der Waals surface area contributed by atoms with E-state index in [4.69, 9.17) is 5.11 Å². The predicted octanol–water partition coefficient (Wildman–Crippen LogP) is 2.69. The third-order valence-corrected chi connectivity index (χ3v) is 3.43. The summed E-state index contributed by atoms with van der Waals surface area (Å²) in [5, 5.41) is 12.2. The van der Waals surface area contributed by atoms with Crippen molar-refractivity contribution >= 4 is 5.97 Å². The number of pyridine rings is 1. The lowest BCUT2D eigenvalue weighted by Crippen LogP contribution is -2.32. The van der Waals surface area contributed by atoms with Crippen molar-refractivity contribution in [3.8, 4) is 0 Å². The molecule has 1 atom stereocenters. The molecule has 1 aromatic rings. The third-order valence-electron chi connectivity index (χ3n) is 3.43. The number of carboxylic acid groups (broad SMARTS) is 1. The molecular weight excluding hydrogens is 228 g/mol. The maximum Gasteiger partial charge on any atom is 0.337 e. The molecule has 1 heterocycles. The minimum absolute atomic E-state index is 0.229. The van der Waals surface area contributed by atoms with Gasteiger partial charge < -0.3 is 10.4 Å². The number of aromatic carboxylic acids is 1. The number of hydrogen-bond acceptors (Lipinski definition) is 3. The highest BCUT2D eigenvalue weighted by atomic mass is 16.4. The van der Waals surface area contributed by atoms with Crippen molar-refractivity contribution in [2.75, 3.05) is 0 Å². The zero-order valence-corrected chi connectivity index (χ0v) is 11.3. The van der Waals surface area contributed by atoms with Crippen LogP contribution in [0.1, 0.15) is 49.7 Å². The molecule has 0 aromatic carbocycles. The molecule has 0 aliphatic carbocycles. The Balaban J connectivity index is 2.50. The Morgan fingerprint density at radius 2 is 2.06 bits per heavy atom. The first-order chi connectivity index (χ1) is 8.58. The molecule has 0 radical (unpaired) electrons. The van der Waals surface area contributed by atoms with Gasteiger partial charge in [-0.15, -0.1) is 0 Å². The monoisotopic (exact) mass is 250 g/mol. The van der Waals surface area contributed by atoms with Crippen molar-refractivity contribution < 1.29 is 9.90 Å². The average molecular weight is 250 g/mol. The number of aromatic nitrogens is 1. The maximum absolute atomic E-state index is 10.7. The summed E-state index contributed by atoms with van der Waals surface area (Å²) >= 11 is 0. The number of carbonyl (C=O) groups is 1. The van der Waals surface area contributed by atoms with Gasteiger partial charge in [-0.05, 0) is 25.0 Å². The highest BCUT2D eigenvalue weighted by Crippen LogP contribution is 2.13. The van der Waals surface area contributed by atoms with Gasteiger partial charge in [0.2, 0.25) is 0 Å². The van der Waals surface area contributed by atoms with Crippen LogP contribution in [-0.2, 0) is 6.54 Å². The molecule has 0 saturated heterocycles. The van der Waals surface area contributed by atoms with Crippen molar-refractivity contribution in [3.63, 3.8) is 0 Å². The Labute approximate surface area is 108 Å². The Bertz CT molecular complexity index is 372. The van der Waals surface area contributed by atoms with Crippen molar-refractivity contribution in [1.82, 2.24) is 10.3 Å². The van der Waals surface area contributed by atoms with Crippen molar-refractivity contribution in [3.05, 3.63) is 29.6 Å². The summed E-state index contributed by atoms with van der Waals surface area (Å²) in [5.74, 6) is -0.268. The predicted molar refractivity (Wildman–Crippen MR) is 71.6 cm³/mol. The number of rotatable bonds is 7. The Kier molecular flexibility index (Phi) is 5.78. The second-order valence-electron chi connectivity index (χ2n) is 4.59. The van der Waals surface area contributed by atoms with Crippen LogP contribution in [0, 0.1) is 5.92 Å². The van der Waals surface area contributed by atoms with Gasteiger partial charge in [-0.2, -0.15) is 0 Å². The van der Waals surface area contributed by atoms with E-state index in [0.717, 1.165) is 18.5 Å². The summed E-state index contributed by atoms with van der Waals surface area (Å²) in [4.78, 5) is 14.8. The molecule has 2 N–H and O–H groups in total. The largest absolute Gasteiger partial charge is 0.478 e. The summed E-state index contributed by atoms with van der Waals surface area (Å²) < 4.78 is 0. The van der Waals surface area contributed by atoms with E-state index in [1.54, 1.807) is 12.1 Å². The van der Waals surface area contributed by atoms with Crippen LogP contribution in [0.4, 0.5) is 0 Å².